The van der Waals surface area contributed by atoms with Crippen LogP contribution < -0.4 is 10.1 Å². The molecule has 0 bridgehead atoms. The van der Waals surface area contributed by atoms with Gasteiger partial charge in [-0.3, -0.25) is 4.79 Å². The number of likely N-dealkylation sites (N-methyl/N-ethyl adjacent to an activating group) is 1. The smallest absolute Gasteiger partial charge is 0.264 e. The summed E-state index contributed by atoms with van der Waals surface area (Å²) in [4.78, 5) is 14.9. The Kier molecular flexibility index (Phi) is 4.02. The summed E-state index contributed by atoms with van der Waals surface area (Å²) < 4.78 is 5.10. The molecule has 1 fully saturated rings. The summed E-state index contributed by atoms with van der Waals surface area (Å²) in [7, 11) is 3.57. The standard InChI is InChI=1S/C12H18N2O2S/c1-13-9-4-3-5-14(7-9)12(15)11-6-10(16-2)8-17-11/h6,8-9,13H,3-5,7H2,1-2H3/t9-/m0/s1. The number of thiophene rings is 1. The maximum atomic E-state index is 12.2. The Morgan fingerprint density at radius 3 is 3.12 bits per heavy atom. The lowest BCUT2D eigenvalue weighted by Crippen LogP contribution is -2.46. The van der Waals surface area contributed by atoms with Crippen LogP contribution in [-0.2, 0) is 0 Å². The highest BCUT2D eigenvalue weighted by atomic mass is 32.1. The van der Waals surface area contributed by atoms with Gasteiger partial charge in [0.2, 0.25) is 0 Å². The lowest BCUT2D eigenvalue weighted by Gasteiger charge is -2.32. The van der Waals surface area contributed by atoms with Crippen molar-refractivity contribution in [1.82, 2.24) is 10.2 Å². The third-order valence-corrected chi connectivity index (χ3v) is 4.04. The minimum Gasteiger partial charge on any atom is -0.496 e. The summed E-state index contributed by atoms with van der Waals surface area (Å²) in [6, 6.07) is 2.24. The van der Waals surface area contributed by atoms with Gasteiger partial charge in [-0.1, -0.05) is 0 Å². The molecule has 1 aliphatic rings. The average Bonchev–Trinajstić information content (AvgIpc) is 2.86. The molecule has 1 N–H and O–H groups in total. The Bertz CT molecular complexity index is 392. The van der Waals surface area contributed by atoms with Crippen molar-refractivity contribution < 1.29 is 9.53 Å². The number of nitrogens with one attached hydrogen (secondary N) is 1. The lowest BCUT2D eigenvalue weighted by molar-refractivity contribution is 0.0703. The third kappa shape index (κ3) is 2.79. The first-order valence-electron chi connectivity index (χ1n) is 5.83. The number of methoxy groups -OCH3 is 1. The highest BCUT2D eigenvalue weighted by molar-refractivity contribution is 7.12. The van der Waals surface area contributed by atoms with E-state index in [1.54, 1.807) is 7.11 Å². The summed E-state index contributed by atoms with van der Waals surface area (Å²) in [5.41, 5.74) is 0. The number of piperidine rings is 1. The molecule has 1 saturated heterocycles. The maximum absolute atomic E-state index is 12.2. The molecule has 0 saturated carbocycles. The Balaban J connectivity index is 2.03. The van der Waals surface area contributed by atoms with Crippen LogP contribution in [0.4, 0.5) is 0 Å². The number of likely N-dealkylation sites (tertiary alicyclic amines) is 1. The zero-order valence-corrected chi connectivity index (χ0v) is 11.0. The minimum absolute atomic E-state index is 0.123. The number of ether oxygens (including phenoxy) is 1. The monoisotopic (exact) mass is 254 g/mol. The second-order valence-electron chi connectivity index (χ2n) is 4.23. The summed E-state index contributed by atoms with van der Waals surface area (Å²) in [5, 5.41) is 5.11. The molecule has 2 rings (SSSR count). The van der Waals surface area contributed by atoms with Crippen LogP contribution in [-0.4, -0.2) is 44.1 Å². The number of carbonyl (C=O) groups excluding carboxylic acids is 1. The van der Waals surface area contributed by atoms with Crippen molar-refractivity contribution in [3.8, 4) is 5.75 Å². The minimum atomic E-state index is 0.123. The van der Waals surface area contributed by atoms with Crippen molar-refractivity contribution in [2.24, 2.45) is 0 Å². The molecule has 0 aromatic carbocycles. The van der Waals surface area contributed by atoms with Crippen LogP contribution in [0.3, 0.4) is 0 Å². The second-order valence-corrected chi connectivity index (χ2v) is 5.14. The predicted molar refractivity (Wildman–Crippen MR) is 68.9 cm³/mol. The average molecular weight is 254 g/mol. The number of hydrogen-bond acceptors (Lipinski definition) is 4. The van der Waals surface area contributed by atoms with E-state index in [9.17, 15) is 4.79 Å². The van der Waals surface area contributed by atoms with E-state index in [0.29, 0.717) is 6.04 Å². The second kappa shape index (κ2) is 5.51. The molecule has 5 heteroatoms. The first kappa shape index (κ1) is 12.4. The van der Waals surface area contributed by atoms with Gasteiger partial charge in [0, 0.05) is 30.6 Å². The fourth-order valence-electron chi connectivity index (χ4n) is 2.09. The van der Waals surface area contributed by atoms with Gasteiger partial charge in [0.05, 0.1) is 12.0 Å². The molecule has 17 heavy (non-hydrogen) atoms. The van der Waals surface area contributed by atoms with E-state index in [4.69, 9.17) is 4.74 Å². The van der Waals surface area contributed by atoms with E-state index in [1.165, 1.54) is 11.3 Å². The van der Waals surface area contributed by atoms with Gasteiger partial charge in [-0.2, -0.15) is 0 Å². The Labute approximate surface area is 106 Å². The zero-order chi connectivity index (χ0) is 12.3. The molecule has 0 radical (unpaired) electrons. The Morgan fingerprint density at radius 1 is 1.65 bits per heavy atom. The number of nitrogens with zero attached hydrogens (tertiary/aromatic N) is 1. The number of hydrogen-bond donors (Lipinski definition) is 1. The fraction of sp³-hybridized carbons (Fsp3) is 0.583. The van der Waals surface area contributed by atoms with Gasteiger partial charge in [-0.05, 0) is 19.9 Å². The molecular weight excluding hydrogens is 236 g/mol. The van der Waals surface area contributed by atoms with Gasteiger partial charge in [-0.15, -0.1) is 11.3 Å². The molecule has 1 aliphatic heterocycles. The fourth-order valence-corrected chi connectivity index (χ4v) is 2.91. The van der Waals surface area contributed by atoms with Crippen molar-refractivity contribution in [1.29, 1.82) is 0 Å². The van der Waals surface area contributed by atoms with E-state index >= 15 is 0 Å². The summed E-state index contributed by atoms with van der Waals surface area (Å²) in [5.74, 6) is 0.888. The third-order valence-electron chi connectivity index (χ3n) is 3.14. The molecule has 4 nitrogen and oxygen atoms in total. The van der Waals surface area contributed by atoms with Crippen LogP contribution in [0.25, 0.3) is 0 Å². The SMILES string of the molecule is CN[C@H]1CCCN(C(=O)c2cc(OC)cs2)C1. The molecule has 1 aromatic rings. The number of rotatable bonds is 3. The molecule has 1 aromatic heterocycles. The summed E-state index contributed by atoms with van der Waals surface area (Å²) in [6.07, 6.45) is 2.22. The zero-order valence-electron chi connectivity index (χ0n) is 10.2. The first-order valence-corrected chi connectivity index (χ1v) is 6.71. The lowest BCUT2D eigenvalue weighted by atomic mass is 10.1. The van der Waals surface area contributed by atoms with E-state index in [-0.39, 0.29) is 5.91 Å². The van der Waals surface area contributed by atoms with Crippen molar-refractivity contribution in [2.75, 3.05) is 27.2 Å². The van der Waals surface area contributed by atoms with Crippen LogP contribution in [0.1, 0.15) is 22.5 Å². The van der Waals surface area contributed by atoms with E-state index in [0.717, 1.165) is 36.6 Å². The quantitative estimate of drug-likeness (QED) is 0.890. The number of amides is 1. The van der Waals surface area contributed by atoms with Gasteiger partial charge < -0.3 is 15.0 Å². The van der Waals surface area contributed by atoms with Gasteiger partial charge in [0.25, 0.3) is 5.91 Å². The number of carbonyl (C=O) groups is 1. The molecule has 0 unspecified atom stereocenters. The van der Waals surface area contributed by atoms with E-state index in [2.05, 4.69) is 5.32 Å². The van der Waals surface area contributed by atoms with E-state index in [1.807, 2.05) is 23.4 Å². The topological polar surface area (TPSA) is 41.6 Å². The molecule has 94 valence electrons. The van der Waals surface area contributed by atoms with Gasteiger partial charge in [0.15, 0.2) is 0 Å². The summed E-state index contributed by atoms with van der Waals surface area (Å²) in [6.45, 7) is 1.66. The maximum Gasteiger partial charge on any atom is 0.264 e. The predicted octanol–water partition coefficient (Wildman–Crippen LogP) is 1.58. The molecule has 0 aliphatic carbocycles. The largest absolute Gasteiger partial charge is 0.496 e. The molecule has 2 heterocycles. The van der Waals surface area contributed by atoms with E-state index < -0.39 is 0 Å². The van der Waals surface area contributed by atoms with Gasteiger partial charge >= 0.3 is 0 Å². The van der Waals surface area contributed by atoms with Crippen LogP contribution in [0.5, 0.6) is 5.75 Å². The van der Waals surface area contributed by atoms with Crippen LogP contribution in [0, 0.1) is 0 Å². The Morgan fingerprint density at radius 2 is 2.47 bits per heavy atom. The first-order chi connectivity index (χ1) is 8.24. The summed E-state index contributed by atoms with van der Waals surface area (Å²) >= 11 is 1.45. The highest BCUT2D eigenvalue weighted by Crippen LogP contribution is 2.23. The Hall–Kier alpha value is -1.07. The van der Waals surface area contributed by atoms with Crippen molar-refractivity contribution in [3.63, 3.8) is 0 Å². The van der Waals surface area contributed by atoms with Crippen LogP contribution in [0.2, 0.25) is 0 Å². The molecule has 0 spiro atoms. The molecule has 1 amide bonds. The van der Waals surface area contributed by atoms with Crippen LogP contribution in [0.15, 0.2) is 11.4 Å². The molecule has 1 atom stereocenters. The van der Waals surface area contributed by atoms with Gasteiger partial charge in [-0.25, -0.2) is 0 Å². The normalized spacial score (nSPS) is 20.4. The van der Waals surface area contributed by atoms with Crippen molar-refractivity contribution in [3.05, 3.63) is 16.3 Å². The van der Waals surface area contributed by atoms with Crippen LogP contribution >= 0.6 is 11.3 Å². The molecular formula is C12H18N2O2S. The van der Waals surface area contributed by atoms with Gasteiger partial charge in [0.1, 0.15) is 5.75 Å². The van der Waals surface area contributed by atoms with Crippen molar-refractivity contribution in [2.45, 2.75) is 18.9 Å². The van der Waals surface area contributed by atoms with Crippen molar-refractivity contribution >= 4 is 17.2 Å². The highest BCUT2D eigenvalue weighted by Gasteiger charge is 2.24.